The van der Waals surface area contributed by atoms with Crippen LogP contribution in [0.2, 0.25) is 5.02 Å². The van der Waals surface area contributed by atoms with E-state index in [2.05, 4.69) is 4.72 Å². The largest absolute Gasteiger partial charge is 0.376 e. The molecule has 1 aromatic rings. The van der Waals surface area contributed by atoms with E-state index in [1.54, 1.807) is 12.1 Å². The first kappa shape index (κ1) is 22.9. The van der Waals surface area contributed by atoms with Crippen molar-refractivity contribution in [1.82, 2.24) is 13.9 Å². The molecular weight excluding hydrogens is 421 g/mol. The van der Waals surface area contributed by atoms with Crippen molar-refractivity contribution in [2.45, 2.75) is 45.1 Å². The van der Waals surface area contributed by atoms with Crippen LogP contribution in [0.4, 0.5) is 4.39 Å². The van der Waals surface area contributed by atoms with Gasteiger partial charge >= 0.3 is 0 Å². The molecule has 3 rings (SSSR count). The summed E-state index contributed by atoms with van der Waals surface area (Å²) in [5, 5.41) is 0.280. The van der Waals surface area contributed by atoms with Gasteiger partial charge in [0.15, 0.2) is 0 Å². The molecule has 0 amide bonds. The Balaban J connectivity index is 1.82. The number of nitrogens with one attached hydrogen (secondary N) is 1. The van der Waals surface area contributed by atoms with Gasteiger partial charge in [0.1, 0.15) is 5.82 Å². The van der Waals surface area contributed by atoms with E-state index in [0.29, 0.717) is 25.3 Å². The van der Waals surface area contributed by atoms with Crippen LogP contribution in [0.5, 0.6) is 0 Å². The molecule has 0 radical (unpaired) electrons. The fraction of sp³-hybridized carbons (Fsp3) is 0.684. The minimum absolute atomic E-state index is 0.00975. The smallest absolute Gasteiger partial charge is 0.279 e. The Morgan fingerprint density at radius 3 is 2.52 bits per heavy atom. The first-order valence-electron chi connectivity index (χ1n) is 9.87. The summed E-state index contributed by atoms with van der Waals surface area (Å²) in [7, 11) is -3.75. The fourth-order valence-electron chi connectivity index (χ4n) is 3.97. The zero-order chi connectivity index (χ0) is 21.2. The topological polar surface area (TPSA) is 71.1 Å². The van der Waals surface area contributed by atoms with Gasteiger partial charge in [-0.1, -0.05) is 17.7 Å². The second-order valence-electron chi connectivity index (χ2n) is 7.76. The van der Waals surface area contributed by atoms with Crippen molar-refractivity contribution in [3.8, 4) is 0 Å². The third-order valence-electron chi connectivity index (χ3n) is 5.23. The molecular formula is C19H29ClFN3O4S. The highest BCUT2D eigenvalue weighted by molar-refractivity contribution is 7.87. The summed E-state index contributed by atoms with van der Waals surface area (Å²) in [5.41, 5.74) is 0.301. The maximum atomic E-state index is 14.7. The van der Waals surface area contributed by atoms with Crippen LogP contribution >= 0.6 is 11.6 Å². The highest BCUT2D eigenvalue weighted by Gasteiger charge is 2.34. The zero-order valence-electron chi connectivity index (χ0n) is 17.0. The van der Waals surface area contributed by atoms with Gasteiger partial charge < -0.3 is 9.47 Å². The highest BCUT2D eigenvalue weighted by atomic mass is 35.5. The molecule has 0 saturated carbocycles. The van der Waals surface area contributed by atoms with E-state index < -0.39 is 22.1 Å². The van der Waals surface area contributed by atoms with Crippen LogP contribution in [-0.2, 0) is 19.7 Å². The number of rotatable bonds is 6. The number of nitrogens with zero attached hydrogens (tertiary/aromatic N) is 2. The van der Waals surface area contributed by atoms with E-state index >= 15 is 0 Å². The lowest BCUT2D eigenvalue weighted by molar-refractivity contribution is -0.0448. The van der Waals surface area contributed by atoms with E-state index in [-0.39, 0.29) is 43.0 Å². The molecule has 2 saturated heterocycles. The molecule has 0 aromatic heterocycles. The van der Waals surface area contributed by atoms with E-state index in [4.69, 9.17) is 21.1 Å². The molecule has 10 heteroatoms. The number of halogens is 2. The average Bonchev–Trinajstić information content (AvgIpc) is 2.63. The van der Waals surface area contributed by atoms with Crippen molar-refractivity contribution in [3.05, 3.63) is 34.6 Å². The summed E-state index contributed by atoms with van der Waals surface area (Å²) in [6.45, 7) is 7.80. The van der Waals surface area contributed by atoms with Crippen LogP contribution in [0, 0.1) is 5.82 Å². The maximum absolute atomic E-state index is 14.7. The van der Waals surface area contributed by atoms with E-state index in [9.17, 15) is 12.8 Å². The third-order valence-corrected chi connectivity index (χ3v) is 7.07. The van der Waals surface area contributed by atoms with Gasteiger partial charge in [-0.25, -0.2) is 9.11 Å². The third kappa shape index (κ3) is 5.66. The second-order valence-corrected chi connectivity index (χ2v) is 9.92. The Labute approximate surface area is 177 Å². The maximum Gasteiger partial charge on any atom is 0.279 e. The number of morpholine rings is 2. The Kier molecular flexibility index (Phi) is 7.53. The van der Waals surface area contributed by atoms with Crippen LogP contribution in [0.1, 0.15) is 32.4 Å². The van der Waals surface area contributed by atoms with E-state index in [1.165, 1.54) is 10.4 Å². The lowest BCUT2D eigenvalue weighted by atomic mass is 10.0. The van der Waals surface area contributed by atoms with Gasteiger partial charge in [0.05, 0.1) is 31.0 Å². The van der Waals surface area contributed by atoms with Crippen molar-refractivity contribution in [1.29, 1.82) is 0 Å². The number of ether oxygens (including phenoxy) is 2. The molecule has 0 aliphatic carbocycles. The first-order valence-corrected chi connectivity index (χ1v) is 11.7. The minimum atomic E-state index is -3.75. The molecule has 2 aliphatic rings. The summed E-state index contributed by atoms with van der Waals surface area (Å²) < 4.78 is 55.8. The molecule has 0 bridgehead atoms. The van der Waals surface area contributed by atoms with Gasteiger partial charge in [0, 0.05) is 43.3 Å². The van der Waals surface area contributed by atoms with Gasteiger partial charge in [-0.2, -0.15) is 12.7 Å². The van der Waals surface area contributed by atoms with Crippen molar-refractivity contribution in [2.75, 3.05) is 39.3 Å². The zero-order valence-corrected chi connectivity index (χ0v) is 18.5. The molecule has 29 heavy (non-hydrogen) atoms. The summed E-state index contributed by atoms with van der Waals surface area (Å²) in [6, 6.07) is 3.97. The SMILES string of the molecule is C[C@@H]1CN([C@H](CNS(=O)(=O)N2C[C@@H](C)O[C@H](C)C2)c2c(F)cccc2Cl)CCO1. The van der Waals surface area contributed by atoms with Crippen LogP contribution in [0.25, 0.3) is 0 Å². The number of benzene rings is 1. The average molecular weight is 450 g/mol. The molecule has 0 spiro atoms. The van der Waals surface area contributed by atoms with Gasteiger partial charge in [0.25, 0.3) is 10.2 Å². The number of hydrogen-bond acceptors (Lipinski definition) is 5. The van der Waals surface area contributed by atoms with Crippen LogP contribution in [0.15, 0.2) is 18.2 Å². The van der Waals surface area contributed by atoms with Gasteiger partial charge in [0.2, 0.25) is 0 Å². The predicted molar refractivity (Wildman–Crippen MR) is 110 cm³/mol. The Hall–Kier alpha value is -0.810. The molecule has 2 heterocycles. The van der Waals surface area contributed by atoms with Crippen molar-refractivity contribution in [3.63, 3.8) is 0 Å². The molecule has 1 N–H and O–H groups in total. The van der Waals surface area contributed by atoms with E-state index in [1.807, 2.05) is 25.7 Å². The lowest BCUT2D eigenvalue weighted by Crippen LogP contribution is -2.53. The molecule has 4 atom stereocenters. The normalized spacial score (nSPS) is 28.4. The lowest BCUT2D eigenvalue weighted by Gasteiger charge is -2.39. The van der Waals surface area contributed by atoms with Crippen LogP contribution in [0.3, 0.4) is 0 Å². The molecule has 0 unspecified atom stereocenters. The van der Waals surface area contributed by atoms with Crippen LogP contribution in [-0.4, -0.2) is 75.3 Å². The highest BCUT2D eigenvalue weighted by Crippen LogP contribution is 2.31. The summed E-state index contributed by atoms with van der Waals surface area (Å²) in [4.78, 5) is 2.02. The first-order chi connectivity index (χ1) is 13.7. The van der Waals surface area contributed by atoms with Crippen molar-refractivity contribution >= 4 is 21.8 Å². The van der Waals surface area contributed by atoms with Crippen molar-refractivity contribution in [2.24, 2.45) is 0 Å². The summed E-state index contributed by atoms with van der Waals surface area (Å²) in [6.07, 6.45) is -0.409. The minimum Gasteiger partial charge on any atom is -0.376 e. The van der Waals surface area contributed by atoms with Gasteiger partial charge in [-0.3, -0.25) is 4.90 Å². The quantitative estimate of drug-likeness (QED) is 0.720. The van der Waals surface area contributed by atoms with Crippen LogP contribution < -0.4 is 4.72 Å². The van der Waals surface area contributed by atoms with Gasteiger partial charge in [-0.15, -0.1) is 0 Å². The predicted octanol–water partition coefficient (Wildman–Crippen LogP) is 2.18. The standard InChI is InChI=1S/C19H29ClFN3O4S/c1-13-10-23(7-8-27-13)18(19-16(20)5-4-6-17(19)21)9-22-29(25,26)24-11-14(2)28-15(3)12-24/h4-6,13-15,18,22H,7-12H2,1-3H3/t13-,14-,15-,18-/m1/s1. The Morgan fingerprint density at radius 1 is 1.21 bits per heavy atom. The monoisotopic (exact) mass is 449 g/mol. The molecule has 7 nitrogen and oxygen atoms in total. The second kappa shape index (κ2) is 9.55. The fourth-order valence-corrected chi connectivity index (χ4v) is 5.63. The Morgan fingerprint density at radius 2 is 1.90 bits per heavy atom. The molecule has 2 aliphatic heterocycles. The Bertz CT molecular complexity index is 782. The number of hydrogen-bond donors (Lipinski definition) is 1. The summed E-state index contributed by atoms with van der Waals surface area (Å²) >= 11 is 6.31. The molecule has 1 aromatic carbocycles. The summed E-state index contributed by atoms with van der Waals surface area (Å²) in [5.74, 6) is -0.450. The van der Waals surface area contributed by atoms with Crippen molar-refractivity contribution < 1.29 is 22.3 Å². The van der Waals surface area contributed by atoms with Gasteiger partial charge in [-0.05, 0) is 32.9 Å². The molecule has 2 fully saturated rings. The molecule has 164 valence electrons. The van der Waals surface area contributed by atoms with E-state index in [0.717, 1.165) is 0 Å².